The van der Waals surface area contributed by atoms with Crippen LogP contribution in [0, 0.1) is 6.92 Å². The molecule has 2 heteroatoms. The zero-order valence-electron chi connectivity index (χ0n) is 12.5. The highest BCUT2D eigenvalue weighted by Gasteiger charge is 2.12. The summed E-state index contributed by atoms with van der Waals surface area (Å²) in [5, 5.41) is 0. The lowest BCUT2D eigenvalue weighted by Crippen LogP contribution is -2.03. The fraction of sp³-hybridized carbons (Fsp3) is 0.278. The first-order valence-electron chi connectivity index (χ1n) is 7.01. The minimum atomic E-state index is 0.0632. The molecule has 0 N–H and O–H groups in total. The highest BCUT2D eigenvalue weighted by molar-refractivity contribution is 9.10. The monoisotopic (exact) mass is 332 g/mol. The Morgan fingerprint density at radius 2 is 1.65 bits per heavy atom. The van der Waals surface area contributed by atoms with Gasteiger partial charge in [-0.2, -0.15) is 0 Å². The van der Waals surface area contributed by atoms with Crippen molar-refractivity contribution in [3.63, 3.8) is 0 Å². The van der Waals surface area contributed by atoms with E-state index in [-0.39, 0.29) is 5.78 Å². The highest BCUT2D eigenvalue weighted by Crippen LogP contribution is 2.21. The summed E-state index contributed by atoms with van der Waals surface area (Å²) in [5.74, 6) is 0.0632. The number of hydrogen-bond donors (Lipinski definition) is 0. The summed E-state index contributed by atoms with van der Waals surface area (Å²) < 4.78 is 0.845. The van der Waals surface area contributed by atoms with E-state index in [0.29, 0.717) is 0 Å². The molecule has 0 radical (unpaired) electrons. The van der Waals surface area contributed by atoms with Crippen LogP contribution >= 0.6 is 15.9 Å². The lowest BCUT2D eigenvalue weighted by Gasteiger charge is -2.06. The Hall–Kier alpha value is -1.41. The molecule has 0 aliphatic rings. The average Bonchev–Trinajstić information content (AvgIpc) is 2.51. The SMILES string of the molecule is CC.CCc1ccc(C(=O)c2cc(C)ccc2Br)cc1. The van der Waals surface area contributed by atoms with Crippen LogP contribution in [0.3, 0.4) is 0 Å². The molecule has 0 fully saturated rings. The molecule has 20 heavy (non-hydrogen) atoms. The molecule has 106 valence electrons. The summed E-state index contributed by atoms with van der Waals surface area (Å²) in [6.07, 6.45) is 0.989. The molecule has 0 saturated heterocycles. The van der Waals surface area contributed by atoms with Crippen LogP contribution < -0.4 is 0 Å². The van der Waals surface area contributed by atoms with Crippen LogP contribution in [0.25, 0.3) is 0 Å². The third-order valence-electron chi connectivity index (χ3n) is 2.99. The molecule has 0 aliphatic carbocycles. The van der Waals surface area contributed by atoms with Crippen molar-refractivity contribution < 1.29 is 4.79 Å². The molecule has 0 heterocycles. The number of hydrogen-bond acceptors (Lipinski definition) is 1. The molecule has 2 aromatic carbocycles. The van der Waals surface area contributed by atoms with Gasteiger partial charge in [-0.15, -0.1) is 0 Å². The minimum Gasteiger partial charge on any atom is -0.289 e. The maximum atomic E-state index is 12.4. The van der Waals surface area contributed by atoms with Gasteiger partial charge in [0.25, 0.3) is 0 Å². The molecule has 0 amide bonds. The number of aryl methyl sites for hydroxylation is 2. The van der Waals surface area contributed by atoms with E-state index in [2.05, 4.69) is 22.9 Å². The number of benzene rings is 2. The third kappa shape index (κ3) is 4.04. The van der Waals surface area contributed by atoms with Crippen LogP contribution in [0.4, 0.5) is 0 Å². The Morgan fingerprint density at radius 1 is 1.05 bits per heavy atom. The van der Waals surface area contributed by atoms with Crippen molar-refractivity contribution in [3.05, 3.63) is 69.2 Å². The Bertz CT molecular complexity index is 570. The van der Waals surface area contributed by atoms with Crippen molar-refractivity contribution in [2.75, 3.05) is 0 Å². The number of carbonyl (C=O) groups is 1. The Morgan fingerprint density at radius 3 is 2.20 bits per heavy atom. The molecular formula is C18H21BrO. The van der Waals surface area contributed by atoms with E-state index in [1.54, 1.807) is 0 Å². The average molecular weight is 333 g/mol. The van der Waals surface area contributed by atoms with E-state index in [1.165, 1.54) is 5.56 Å². The summed E-state index contributed by atoms with van der Waals surface area (Å²) in [6, 6.07) is 13.6. The predicted molar refractivity (Wildman–Crippen MR) is 89.5 cm³/mol. The van der Waals surface area contributed by atoms with Crippen LogP contribution in [-0.2, 0) is 6.42 Å². The third-order valence-corrected chi connectivity index (χ3v) is 3.68. The van der Waals surface area contributed by atoms with Gasteiger partial charge in [0.05, 0.1) is 0 Å². The van der Waals surface area contributed by atoms with E-state index >= 15 is 0 Å². The zero-order chi connectivity index (χ0) is 15.1. The largest absolute Gasteiger partial charge is 0.289 e. The molecule has 0 aliphatic heterocycles. The summed E-state index contributed by atoms with van der Waals surface area (Å²) in [7, 11) is 0. The van der Waals surface area contributed by atoms with E-state index in [0.717, 1.165) is 27.6 Å². The second kappa shape index (κ2) is 8.01. The van der Waals surface area contributed by atoms with Gasteiger partial charge < -0.3 is 0 Å². The molecule has 0 bridgehead atoms. The topological polar surface area (TPSA) is 17.1 Å². The standard InChI is InChI=1S/C16H15BrO.C2H6/c1-3-12-5-7-13(8-6-12)16(18)14-10-11(2)4-9-15(14)17;1-2/h4-10H,3H2,1-2H3;1-2H3. The smallest absolute Gasteiger partial charge is 0.194 e. The number of ketones is 1. The van der Waals surface area contributed by atoms with Crippen molar-refractivity contribution >= 4 is 21.7 Å². The Labute approximate surface area is 130 Å². The van der Waals surface area contributed by atoms with Crippen LogP contribution in [0.2, 0.25) is 0 Å². The molecule has 2 rings (SSSR count). The van der Waals surface area contributed by atoms with E-state index in [4.69, 9.17) is 0 Å². The van der Waals surface area contributed by atoms with Crippen molar-refractivity contribution in [1.82, 2.24) is 0 Å². The quantitative estimate of drug-likeness (QED) is 0.671. The van der Waals surface area contributed by atoms with Gasteiger partial charge in [-0.25, -0.2) is 0 Å². The second-order valence-corrected chi connectivity index (χ2v) is 5.22. The van der Waals surface area contributed by atoms with Crippen LogP contribution in [0.15, 0.2) is 46.9 Å². The summed E-state index contributed by atoms with van der Waals surface area (Å²) in [6.45, 7) is 8.09. The van der Waals surface area contributed by atoms with Crippen LogP contribution in [0.5, 0.6) is 0 Å². The first-order valence-corrected chi connectivity index (χ1v) is 7.81. The fourth-order valence-corrected chi connectivity index (χ4v) is 2.29. The predicted octanol–water partition coefficient (Wildman–Crippen LogP) is 5.58. The first kappa shape index (κ1) is 16.6. The minimum absolute atomic E-state index is 0.0632. The van der Waals surface area contributed by atoms with E-state index < -0.39 is 0 Å². The van der Waals surface area contributed by atoms with Crippen molar-refractivity contribution in [2.45, 2.75) is 34.1 Å². The number of rotatable bonds is 3. The van der Waals surface area contributed by atoms with Gasteiger partial charge >= 0.3 is 0 Å². The molecule has 0 atom stereocenters. The van der Waals surface area contributed by atoms with Gasteiger partial charge in [0.15, 0.2) is 5.78 Å². The Balaban J connectivity index is 0.000000956. The Kier molecular flexibility index (Phi) is 6.66. The summed E-state index contributed by atoms with van der Waals surface area (Å²) in [5.41, 5.74) is 3.79. The fourth-order valence-electron chi connectivity index (χ4n) is 1.86. The lowest BCUT2D eigenvalue weighted by molar-refractivity contribution is 0.103. The summed E-state index contributed by atoms with van der Waals surface area (Å²) in [4.78, 5) is 12.4. The lowest BCUT2D eigenvalue weighted by atomic mass is 10.0. The van der Waals surface area contributed by atoms with Crippen LogP contribution in [0.1, 0.15) is 47.8 Å². The maximum Gasteiger partial charge on any atom is 0.194 e. The maximum absolute atomic E-state index is 12.4. The first-order chi connectivity index (χ1) is 9.61. The van der Waals surface area contributed by atoms with Gasteiger partial charge in [0.1, 0.15) is 0 Å². The van der Waals surface area contributed by atoms with Gasteiger partial charge in [-0.1, -0.05) is 72.6 Å². The molecule has 2 aromatic rings. The molecule has 0 spiro atoms. The van der Waals surface area contributed by atoms with Gasteiger partial charge in [-0.3, -0.25) is 4.79 Å². The second-order valence-electron chi connectivity index (χ2n) is 4.36. The van der Waals surface area contributed by atoms with E-state index in [9.17, 15) is 4.79 Å². The normalized spacial score (nSPS) is 9.65. The molecular weight excluding hydrogens is 312 g/mol. The molecule has 0 unspecified atom stereocenters. The number of carbonyl (C=O) groups excluding carboxylic acids is 1. The molecule has 0 saturated carbocycles. The van der Waals surface area contributed by atoms with E-state index in [1.807, 2.05) is 63.2 Å². The molecule has 1 nitrogen and oxygen atoms in total. The van der Waals surface area contributed by atoms with Gasteiger partial charge in [0, 0.05) is 15.6 Å². The number of halogens is 1. The zero-order valence-corrected chi connectivity index (χ0v) is 14.1. The van der Waals surface area contributed by atoms with Crippen molar-refractivity contribution in [1.29, 1.82) is 0 Å². The van der Waals surface area contributed by atoms with Crippen LogP contribution in [-0.4, -0.2) is 5.78 Å². The van der Waals surface area contributed by atoms with Gasteiger partial charge in [0.2, 0.25) is 0 Å². The van der Waals surface area contributed by atoms with Gasteiger partial charge in [-0.05, 0) is 31.0 Å². The molecule has 0 aromatic heterocycles. The summed E-state index contributed by atoms with van der Waals surface area (Å²) >= 11 is 3.44. The van der Waals surface area contributed by atoms with Crippen molar-refractivity contribution in [3.8, 4) is 0 Å². The van der Waals surface area contributed by atoms with Crippen molar-refractivity contribution in [2.24, 2.45) is 0 Å². The highest BCUT2D eigenvalue weighted by atomic mass is 79.9.